The Bertz CT molecular complexity index is 272. The molecule has 2 aromatic rings. The van der Waals surface area contributed by atoms with Gasteiger partial charge in [-0.2, -0.15) is 0 Å². The molecule has 0 aliphatic carbocycles. The monoisotopic (exact) mass is 192 g/mol. The smallest absolute Gasteiger partial charge is 0.103 e. The summed E-state index contributed by atoms with van der Waals surface area (Å²) in [6, 6.07) is 7.75. The lowest BCUT2D eigenvalue weighted by molar-refractivity contribution is 0.516. The van der Waals surface area contributed by atoms with Crippen LogP contribution in [0.5, 0.6) is 0 Å². The summed E-state index contributed by atoms with van der Waals surface area (Å²) in [5.74, 6) is 2.11. The Kier molecular flexibility index (Phi) is 4.62. The maximum Gasteiger partial charge on any atom is 0.103 e. The maximum absolute atomic E-state index is 4.98. The van der Waals surface area contributed by atoms with Crippen molar-refractivity contribution in [1.29, 1.82) is 0 Å². The van der Waals surface area contributed by atoms with E-state index in [4.69, 9.17) is 8.83 Å². The van der Waals surface area contributed by atoms with Crippen LogP contribution in [0.1, 0.15) is 25.4 Å². The lowest BCUT2D eigenvalue weighted by atomic mass is 10.4. The molecule has 0 amide bonds. The number of hydrogen-bond acceptors (Lipinski definition) is 2. The largest absolute Gasteiger partial charge is 0.469 e. The van der Waals surface area contributed by atoms with Crippen LogP contribution in [0.25, 0.3) is 0 Å². The fraction of sp³-hybridized carbons (Fsp3) is 0.333. The van der Waals surface area contributed by atoms with Gasteiger partial charge in [0.15, 0.2) is 0 Å². The molecule has 0 saturated carbocycles. The molecule has 0 saturated heterocycles. The number of hydrogen-bond donors (Lipinski definition) is 0. The van der Waals surface area contributed by atoms with E-state index in [0.29, 0.717) is 0 Å². The second kappa shape index (κ2) is 6.08. The summed E-state index contributed by atoms with van der Waals surface area (Å²) in [5.41, 5.74) is 0. The minimum absolute atomic E-state index is 0.993. The van der Waals surface area contributed by atoms with E-state index in [-0.39, 0.29) is 0 Å². The highest BCUT2D eigenvalue weighted by molar-refractivity contribution is 4.97. The summed E-state index contributed by atoms with van der Waals surface area (Å²) in [4.78, 5) is 0. The predicted octanol–water partition coefficient (Wildman–Crippen LogP) is 3.68. The van der Waals surface area contributed by atoms with Crippen LogP contribution in [0.2, 0.25) is 0 Å². The average molecular weight is 192 g/mol. The molecule has 2 heterocycles. The third kappa shape index (κ3) is 3.52. The van der Waals surface area contributed by atoms with E-state index >= 15 is 0 Å². The van der Waals surface area contributed by atoms with Gasteiger partial charge in [0.1, 0.15) is 11.5 Å². The van der Waals surface area contributed by atoms with Crippen molar-refractivity contribution in [2.45, 2.75) is 26.7 Å². The van der Waals surface area contributed by atoms with Gasteiger partial charge in [-0.15, -0.1) is 0 Å². The molecule has 0 aliphatic heterocycles. The maximum atomic E-state index is 4.98. The first-order chi connectivity index (χ1) is 6.86. The molecule has 2 rings (SSSR count). The Morgan fingerprint density at radius 2 is 1.29 bits per heavy atom. The van der Waals surface area contributed by atoms with Crippen LogP contribution in [-0.4, -0.2) is 0 Å². The number of furan rings is 2. The van der Waals surface area contributed by atoms with Gasteiger partial charge < -0.3 is 8.83 Å². The normalized spacial score (nSPS) is 9.29. The van der Waals surface area contributed by atoms with E-state index < -0.39 is 0 Å². The van der Waals surface area contributed by atoms with Crippen molar-refractivity contribution in [2.24, 2.45) is 0 Å². The average Bonchev–Trinajstić information content (AvgIpc) is 2.92. The van der Waals surface area contributed by atoms with Gasteiger partial charge in [-0.05, 0) is 24.3 Å². The highest BCUT2D eigenvalue weighted by atomic mass is 16.3. The Morgan fingerprint density at radius 3 is 1.43 bits per heavy atom. The van der Waals surface area contributed by atoms with E-state index in [0.717, 1.165) is 24.4 Å². The Hall–Kier alpha value is -1.44. The fourth-order valence-electron chi connectivity index (χ4n) is 1.03. The quantitative estimate of drug-likeness (QED) is 0.725. The van der Waals surface area contributed by atoms with Crippen molar-refractivity contribution < 1.29 is 8.83 Å². The van der Waals surface area contributed by atoms with Crippen molar-refractivity contribution in [3.8, 4) is 0 Å². The Labute approximate surface area is 84.5 Å². The first-order valence-electron chi connectivity index (χ1n) is 4.91. The van der Waals surface area contributed by atoms with Gasteiger partial charge in [0.2, 0.25) is 0 Å². The number of aryl methyl sites for hydroxylation is 2. The molecule has 76 valence electrons. The van der Waals surface area contributed by atoms with Crippen LogP contribution in [0.3, 0.4) is 0 Å². The minimum Gasteiger partial charge on any atom is -0.469 e. The van der Waals surface area contributed by atoms with Crippen molar-refractivity contribution >= 4 is 0 Å². The molecule has 0 atom stereocenters. The van der Waals surface area contributed by atoms with Gasteiger partial charge in [-0.25, -0.2) is 0 Å². The van der Waals surface area contributed by atoms with Crippen molar-refractivity contribution in [1.82, 2.24) is 0 Å². The third-order valence-electron chi connectivity index (χ3n) is 1.86. The van der Waals surface area contributed by atoms with Gasteiger partial charge in [-0.1, -0.05) is 13.8 Å². The molecule has 2 aromatic heterocycles. The van der Waals surface area contributed by atoms with E-state index in [1.165, 1.54) is 0 Å². The second-order valence-corrected chi connectivity index (χ2v) is 2.87. The van der Waals surface area contributed by atoms with Gasteiger partial charge >= 0.3 is 0 Å². The van der Waals surface area contributed by atoms with Crippen LogP contribution in [0.4, 0.5) is 0 Å². The molecule has 0 bridgehead atoms. The standard InChI is InChI=1S/2C6H8O/c2*1-2-6-4-3-5-7-6/h2*3-5H,2H2,1H3. The van der Waals surface area contributed by atoms with Gasteiger partial charge in [0, 0.05) is 12.8 Å². The van der Waals surface area contributed by atoms with E-state index in [9.17, 15) is 0 Å². The lowest BCUT2D eigenvalue weighted by Gasteiger charge is -1.79. The third-order valence-corrected chi connectivity index (χ3v) is 1.86. The highest BCUT2D eigenvalue weighted by Crippen LogP contribution is 1.98. The van der Waals surface area contributed by atoms with Crippen LogP contribution in [0.15, 0.2) is 45.6 Å². The van der Waals surface area contributed by atoms with E-state index in [2.05, 4.69) is 13.8 Å². The minimum atomic E-state index is 0.993. The molecular weight excluding hydrogens is 176 g/mol. The van der Waals surface area contributed by atoms with Gasteiger partial charge in [0.25, 0.3) is 0 Å². The zero-order chi connectivity index (χ0) is 10.2. The topological polar surface area (TPSA) is 26.3 Å². The van der Waals surface area contributed by atoms with Crippen molar-refractivity contribution in [3.05, 3.63) is 48.3 Å². The summed E-state index contributed by atoms with van der Waals surface area (Å²) in [6.07, 6.45) is 5.37. The van der Waals surface area contributed by atoms with Crippen LogP contribution in [-0.2, 0) is 12.8 Å². The molecule has 0 fully saturated rings. The Balaban J connectivity index is 0.000000140. The SMILES string of the molecule is CCc1ccco1.CCc1ccco1. The molecule has 14 heavy (non-hydrogen) atoms. The van der Waals surface area contributed by atoms with Crippen LogP contribution >= 0.6 is 0 Å². The summed E-state index contributed by atoms with van der Waals surface area (Å²) < 4.78 is 9.97. The van der Waals surface area contributed by atoms with Gasteiger partial charge in [-0.3, -0.25) is 0 Å². The van der Waals surface area contributed by atoms with Crippen molar-refractivity contribution in [3.63, 3.8) is 0 Å². The molecule has 2 heteroatoms. The summed E-state index contributed by atoms with van der Waals surface area (Å²) >= 11 is 0. The second-order valence-electron chi connectivity index (χ2n) is 2.87. The molecule has 0 N–H and O–H groups in total. The first-order valence-corrected chi connectivity index (χ1v) is 4.91. The van der Waals surface area contributed by atoms with E-state index in [1.54, 1.807) is 12.5 Å². The molecule has 0 spiro atoms. The first kappa shape index (κ1) is 10.6. The summed E-state index contributed by atoms with van der Waals surface area (Å²) in [7, 11) is 0. The molecule has 0 radical (unpaired) electrons. The zero-order valence-electron chi connectivity index (χ0n) is 8.69. The predicted molar refractivity (Wildman–Crippen MR) is 56.2 cm³/mol. The lowest BCUT2D eigenvalue weighted by Crippen LogP contribution is -1.66. The highest BCUT2D eigenvalue weighted by Gasteiger charge is 1.85. The summed E-state index contributed by atoms with van der Waals surface area (Å²) in [5, 5.41) is 0. The van der Waals surface area contributed by atoms with Crippen molar-refractivity contribution in [2.75, 3.05) is 0 Å². The van der Waals surface area contributed by atoms with E-state index in [1.807, 2.05) is 24.3 Å². The number of rotatable bonds is 2. The molecule has 2 nitrogen and oxygen atoms in total. The van der Waals surface area contributed by atoms with Gasteiger partial charge in [0.05, 0.1) is 12.5 Å². The Morgan fingerprint density at radius 1 is 0.857 bits per heavy atom. The molecule has 0 unspecified atom stereocenters. The fourth-order valence-corrected chi connectivity index (χ4v) is 1.03. The van der Waals surface area contributed by atoms with Crippen LogP contribution in [0, 0.1) is 0 Å². The zero-order valence-corrected chi connectivity index (χ0v) is 8.69. The molecule has 0 aliphatic rings. The van der Waals surface area contributed by atoms with Crippen LogP contribution < -0.4 is 0 Å². The summed E-state index contributed by atoms with van der Waals surface area (Å²) in [6.45, 7) is 4.14. The molecular formula is C12H16O2. The molecule has 0 aromatic carbocycles.